The second-order valence-electron chi connectivity index (χ2n) is 6.06. The fraction of sp³-hybridized carbons (Fsp3) is 0.0500. The molecule has 0 heterocycles. The third-order valence-electron chi connectivity index (χ3n) is 3.96. The number of benzene rings is 3. The molecule has 3 rings (SSSR count). The largest absolute Gasteiger partial charge is 0.495 e. The summed E-state index contributed by atoms with van der Waals surface area (Å²) in [6.07, 6.45) is 0. The van der Waals surface area contributed by atoms with E-state index < -0.39 is 21.7 Å². The molecule has 2 N–H and O–H groups in total. The van der Waals surface area contributed by atoms with E-state index in [2.05, 4.69) is 10.0 Å². The predicted octanol–water partition coefficient (Wildman–Crippen LogP) is 5.19. The smallest absolute Gasteiger partial charge is 0.261 e. The van der Waals surface area contributed by atoms with Gasteiger partial charge in [-0.2, -0.15) is 0 Å². The van der Waals surface area contributed by atoms with Crippen LogP contribution < -0.4 is 14.8 Å². The maximum absolute atomic E-state index is 13.9. The highest BCUT2D eigenvalue weighted by molar-refractivity contribution is 7.92. The molecule has 0 bridgehead atoms. The molecule has 0 atom stereocenters. The quantitative estimate of drug-likeness (QED) is 0.520. The van der Waals surface area contributed by atoms with Crippen molar-refractivity contribution in [2.24, 2.45) is 0 Å². The minimum atomic E-state index is -4.05. The molecule has 0 aliphatic rings. The molecule has 0 aliphatic heterocycles. The highest BCUT2D eigenvalue weighted by Crippen LogP contribution is 2.30. The van der Waals surface area contributed by atoms with Crippen LogP contribution in [-0.2, 0) is 10.0 Å². The van der Waals surface area contributed by atoms with E-state index in [1.54, 1.807) is 0 Å². The summed E-state index contributed by atoms with van der Waals surface area (Å²) < 4.78 is 47.0. The summed E-state index contributed by atoms with van der Waals surface area (Å²) in [6.45, 7) is 0. The number of nitrogens with one attached hydrogen (secondary N) is 2. The Hall–Kier alpha value is -2.81. The number of carbonyl (C=O) groups is 1. The van der Waals surface area contributed by atoms with E-state index in [0.717, 1.165) is 6.07 Å². The van der Waals surface area contributed by atoms with Crippen molar-refractivity contribution in [3.63, 3.8) is 0 Å². The Balaban J connectivity index is 1.93. The third-order valence-corrected chi connectivity index (χ3v) is 5.78. The Morgan fingerprint density at radius 1 is 1.00 bits per heavy atom. The molecule has 3 aromatic rings. The van der Waals surface area contributed by atoms with Gasteiger partial charge in [0.05, 0.1) is 28.9 Å². The van der Waals surface area contributed by atoms with Crippen molar-refractivity contribution in [2.45, 2.75) is 4.90 Å². The lowest BCUT2D eigenvalue weighted by Gasteiger charge is -2.14. The zero-order chi connectivity index (χ0) is 21.9. The van der Waals surface area contributed by atoms with Crippen molar-refractivity contribution in [1.29, 1.82) is 0 Å². The molecule has 0 unspecified atom stereocenters. The number of methoxy groups -OCH3 is 1. The lowest BCUT2D eigenvalue weighted by Crippen LogP contribution is -2.16. The van der Waals surface area contributed by atoms with Gasteiger partial charge in [0.25, 0.3) is 15.9 Å². The summed E-state index contributed by atoms with van der Waals surface area (Å²) in [5, 5.41) is 2.99. The Morgan fingerprint density at radius 3 is 2.30 bits per heavy atom. The van der Waals surface area contributed by atoms with E-state index in [1.807, 2.05) is 0 Å². The first-order valence-electron chi connectivity index (χ1n) is 8.42. The first-order chi connectivity index (χ1) is 14.2. The van der Waals surface area contributed by atoms with Gasteiger partial charge < -0.3 is 10.1 Å². The normalized spacial score (nSPS) is 11.1. The second-order valence-corrected chi connectivity index (χ2v) is 8.61. The van der Waals surface area contributed by atoms with Gasteiger partial charge in [0, 0.05) is 10.0 Å². The van der Waals surface area contributed by atoms with Crippen molar-refractivity contribution in [3.8, 4) is 5.75 Å². The number of carbonyl (C=O) groups excluding carboxylic acids is 1. The maximum atomic E-state index is 13.9. The average Bonchev–Trinajstić information content (AvgIpc) is 2.67. The van der Waals surface area contributed by atoms with E-state index in [9.17, 15) is 17.6 Å². The summed E-state index contributed by atoms with van der Waals surface area (Å²) in [4.78, 5) is 12.3. The molecule has 0 aliphatic carbocycles. The molecule has 0 saturated heterocycles. The summed E-state index contributed by atoms with van der Waals surface area (Å²) >= 11 is 11.8. The first-order valence-corrected chi connectivity index (χ1v) is 10.7. The van der Waals surface area contributed by atoms with Gasteiger partial charge in [-0.1, -0.05) is 35.3 Å². The molecular weight excluding hydrogens is 454 g/mol. The SMILES string of the molecule is COc1ccc(S(=O)(=O)Nc2cc(Cl)cc(Cl)c2)cc1NC(=O)c1ccccc1F. The fourth-order valence-electron chi connectivity index (χ4n) is 2.61. The molecule has 0 saturated carbocycles. The number of halogens is 3. The Kier molecular flexibility index (Phi) is 6.50. The second kappa shape index (κ2) is 8.91. The van der Waals surface area contributed by atoms with Crippen LogP contribution in [0, 0.1) is 5.82 Å². The molecular formula is C20H15Cl2FN2O4S. The van der Waals surface area contributed by atoms with Gasteiger partial charge in [-0.25, -0.2) is 12.8 Å². The molecule has 0 radical (unpaired) electrons. The Labute approximate surface area is 182 Å². The topological polar surface area (TPSA) is 84.5 Å². The van der Waals surface area contributed by atoms with E-state index in [4.69, 9.17) is 27.9 Å². The molecule has 1 amide bonds. The number of anilines is 2. The summed E-state index contributed by atoms with van der Waals surface area (Å²) in [5.41, 5.74) is 0.0255. The van der Waals surface area contributed by atoms with Crippen LogP contribution in [0.3, 0.4) is 0 Å². The molecule has 10 heteroatoms. The zero-order valence-electron chi connectivity index (χ0n) is 15.4. The van der Waals surface area contributed by atoms with Crippen LogP contribution in [0.15, 0.2) is 65.6 Å². The molecule has 0 spiro atoms. The van der Waals surface area contributed by atoms with Crippen LogP contribution in [0.2, 0.25) is 10.0 Å². The van der Waals surface area contributed by atoms with Crippen LogP contribution in [0.4, 0.5) is 15.8 Å². The van der Waals surface area contributed by atoms with E-state index in [0.29, 0.717) is 0 Å². The van der Waals surface area contributed by atoms with Crippen LogP contribution in [0.25, 0.3) is 0 Å². The Bertz CT molecular complexity index is 1200. The van der Waals surface area contributed by atoms with Gasteiger partial charge in [0.15, 0.2) is 0 Å². The van der Waals surface area contributed by atoms with Crippen molar-refractivity contribution in [2.75, 3.05) is 17.1 Å². The summed E-state index contributed by atoms with van der Waals surface area (Å²) in [5.74, 6) is -1.27. The van der Waals surface area contributed by atoms with Crippen molar-refractivity contribution < 1.29 is 22.3 Å². The number of hydrogen-bond acceptors (Lipinski definition) is 4. The monoisotopic (exact) mass is 468 g/mol. The van der Waals surface area contributed by atoms with Crippen LogP contribution in [0.5, 0.6) is 5.75 Å². The maximum Gasteiger partial charge on any atom is 0.261 e. The van der Waals surface area contributed by atoms with Crippen LogP contribution in [0.1, 0.15) is 10.4 Å². The highest BCUT2D eigenvalue weighted by Gasteiger charge is 2.19. The van der Waals surface area contributed by atoms with Gasteiger partial charge in [-0.3, -0.25) is 9.52 Å². The number of sulfonamides is 1. The standard InChI is InChI=1S/C20H15Cl2FN2O4S/c1-29-19-7-6-15(30(27,28)25-14-9-12(21)8-13(22)10-14)11-18(19)24-20(26)16-4-2-3-5-17(16)23/h2-11,25H,1H3,(H,24,26). The lowest BCUT2D eigenvalue weighted by atomic mass is 10.2. The van der Waals surface area contributed by atoms with Gasteiger partial charge >= 0.3 is 0 Å². The minimum absolute atomic E-state index is 0.0535. The summed E-state index contributed by atoms with van der Waals surface area (Å²) in [7, 11) is -2.70. The molecule has 0 fully saturated rings. The number of ether oxygens (including phenoxy) is 1. The van der Waals surface area contributed by atoms with E-state index in [-0.39, 0.29) is 37.6 Å². The van der Waals surface area contributed by atoms with Crippen LogP contribution >= 0.6 is 23.2 Å². The Morgan fingerprint density at radius 2 is 1.67 bits per heavy atom. The zero-order valence-corrected chi connectivity index (χ0v) is 17.8. The summed E-state index contributed by atoms with van der Waals surface area (Å²) in [6, 6.07) is 13.5. The third kappa shape index (κ3) is 5.02. The van der Waals surface area contributed by atoms with E-state index >= 15 is 0 Å². The van der Waals surface area contributed by atoms with Gasteiger partial charge in [-0.15, -0.1) is 0 Å². The predicted molar refractivity (Wildman–Crippen MR) is 115 cm³/mol. The minimum Gasteiger partial charge on any atom is -0.495 e. The molecule has 3 aromatic carbocycles. The molecule has 6 nitrogen and oxygen atoms in total. The van der Waals surface area contributed by atoms with Crippen LogP contribution in [-0.4, -0.2) is 21.4 Å². The first kappa shape index (κ1) is 21.9. The lowest BCUT2D eigenvalue weighted by molar-refractivity contribution is 0.102. The fourth-order valence-corrected chi connectivity index (χ4v) is 4.21. The number of amides is 1. The number of rotatable bonds is 6. The van der Waals surface area contributed by atoms with Crippen molar-refractivity contribution in [1.82, 2.24) is 0 Å². The van der Waals surface area contributed by atoms with Gasteiger partial charge in [0.2, 0.25) is 0 Å². The van der Waals surface area contributed by atoms with Crippen molar-refractivity contribution >= 4 is 50.5 Å². The van der Waals surface area contributed by atoms with Crippen molar-refractivity contribution in [3.05, 3.63) is 82.1 Å². The average molecular weight is 469 g/mol. The molecule has 156 valence electrons. The molecule has 30 heavy (non-hydrogen) atoms. The highest BCUT2D eigenvalue weighted by atomic mass is 35.5. The van der Waals surface area contributed by atoms with Gasteiger partial charge in [0.1, 0.15) is 11.6 Å². The molecule has 0 aromatic heterocycles. The number of hydrogen-bond donors (Lipinski definition) is 2. The van der Waals surface area contributed by atoms with E-state index in [1.165, 1.54) is 61.7 Å². The van der Waals surface area contributed by atoms with Gasteiger partial charge in [-0.05, 0) is 48.5 Å².